The van der Waals surface area contributed by atoms with Crippen molar-refractivity contribution in [2.75, 3.05) is 7.11 Å². The number of ether oxygens (including phenoxy) is 1. The summed E-state index contributed by atoms with van der Waals surface area (Å²) in [5.41, 5.74) is 0. The molecule has 0 saturated heterocycles. The lowest BCUT2D eigenvalue weighted by atomic mass is 9.89. The van der Waals surface area contributed by atoms with Gasteiger partial charge in [-0.1, -0.05) is 19.3 Å². The summed E-state index contributed by atoms with van der Waals surface area (Å²) in [6.07, 6.45) is 5.65. The predicted octanol–water partition coefficient (Wildman–Crippen LogP) is 4.01. The average Bonchev–Trinajstić information content (AvgIpc) is 2.41. The Labute approximate surface area is 107 Å². The molecular weight excluding hydrogens is 230 g/mol. The van der Waals surface area contributed by atoms with Gasteiger partial charge in [0, 0.05) is 4.90 Å². The highest BCUT2D eigenvalue weighted by molar-refractivity contribution is 8.01. The van der Waals surface area contributed by atoms with Crippen molar-refractivity contribution in [3.8, 4) is 11.8 Å². The SMILES string of the molecule is COc1ccc(SC2(C#N)CCCCC2)cc1. The first-order chi connectivity index (χ1) is 8.28. The van der Waals surface area contributed by atoms with E-state index in [9.17, 15) is 5.26 Å². The molecule has 0 unspecified atom stereocenters. The lowest BCUT2D eigenvalue weighted by Gasteiger charge is -2.29. The lowest BCUT2D eigenvalue weighted by Crippen LogP contribution is -2.25. The van der Waals surface area contributed by atoms with E-state index < -0.39 is 0 Å². The van der Waals surface area contributed by atoms with E-state index >= 15 is 0 Å². The maximum Gasteiger partial charge on any atom is 0.118 e. The van der Waals surface area contributed by atoms with Crippen LogP contribution in [-0.4, -0.2) is 11.9 Å². The Bertz CT molecular complexity index is 401. The van der Waals surface area contributed by atoms with Gasteiger partial charge in [0.1, 0.15) is 10.5 Å². The minimum absolute atomic E-state index is 0.202. The third-order valence-electron chi connectivity index (χ3n) is 3.24. The van der Waals surface area contributed by atoms with Crippen molar-refractivity contribution in [1.29, 1.82) is 5.26 Å². The molecule has 0 amide bonds. The van der Waals surface area contributed by atoms with Crippen LogP contribution in [0.15, 0.2) is 29.2 Å². The standard InChI is InChI=1S/C14H17NOS/c1-16-12-5-7-13(8-6-12)17-14(11-15)9-3-2-4-10-14/h5-8H,2-4,9-10H2,1H3. The first-order valence-corrected chi connectivity index (χ1v) is 6.84. The van der Waals surface area contributed by atoms with Crippen LogP contribution in [0, 0.1) is 11.3 Å². The van der Waals surface area contributed by atoms with Gasteiger partial charge in [0.2, 0.25) is 0 Å². The fourth-order valence-corrected chi connectivity index (χ4v) is 3.49. The molecular formula is C14H17NOS. The van der Waals surface area contributed by atoms with Crippen LogP contribution in [0.5, 0.6) is 5.75 Å². The zero-order chi connectivity index (χ0) is 12.1. The lowest BCUT2D eigenvalue weighted by molar-refractivity contribution is 0.414. The molecule has 0 spiro atoms. The second-order valence-corrected chi connectivity index (χ2v) is 5.90. The molecule has 0 radical (unpaired) electrons. The average molecular weight is 247 g/mol. The Hall–Kier alpha value is -1.14. The first-order valence-electron chi connectivity index (χ1n) is 6.02. The van der Waals surface area contributed by atoms with E-state index in [0.29, 0.717) is 0 Å². The minimum Gasteiger partial charge on any atom is -0.497 e. The summed E-state index contributed by atoms with van der Waals surface area (Å²) in [6.45, 7) is 0. The second kappa shape index (κ2) is 5.46. The largest absolute Gasteiger partial charge is 0.497 e. The van der Waals surface area contributed by atoms with Crippen molar-refractivity contribution in [1.82, 2.24) is 0 Å². The molecule has 0 bridgehead atoms. The molecule has 1 fully saturated rings. The van der Waals surface area contributed by atoms with Crippen molar-refractivity contribution in [3.63, 3.8) is 0 Å². The van der Waals surface area contributed by atoms with Crippen molar-refractivity contribution < 1.29 is 4.74 Å². The van der Waals surface area contributed by atoms with Gasteiger partial charge in [-0.15, -0.1) is 11.8 Å². The maximum absolute atomic E-state index is 9.41. The van der Waals surface area contributed by atoms with E-state index in [2.05, 4.69) is 6.07 Å². The zero-order valence-corrected chi connectivity index (χ0v) is 10.9. The van der Waals surface area contributed by atoms with Crippen LogP contribution in [0.1, 0.15) is 32.1 Å². The number of hydrogen-bond acceptors (Lipinski definition) is 3. The van der Waals surface area contributed by atoms with Gasteiger partial charge in [0.05, 0.1) is 13.2 Å². The zero-order valence-electron chi connectivity index (χ0n) is 10.1. The second-order valence-electron chi connectivity index (χ2n) is 4.44. The summed E-state index contributed by atoms with van der Waals surface area (Å²) in [5, 5.41) is 9.41. The Morgan fingerprint density at radius 2 is 1.82 bits per heavy atom. The molecule has 0 atom stereocenters. The van der Waals surface area contributed by atoms with Gasteiger partial charge in [-0.2, -0.15) is 5.26 Å². The number of thioether (sulfide) groups is 1. The Morgan fingerprint density at radius 1 is 1.18 bits per heavy atom. The summed E-state index contributed by atoms with van der Waals surface area (Å²) in [4.78, 5) is 1.16. The van der Waals surface area contributed by atoms with Gasteiger partial charge in [-0.3, -0.25) is 0 Å². The minimum atomic E-state index is -0.202. The van der Waals surface area contributed by atoms with Crippen molar-refractivity contribution in [2.45, 2.75) is 41.7 Å². The van der Waals surface area contributed by atoms with Gasteiger partial charge in [0.15, 0.2) is 0 Å². The fraction of sp³-hybridized carbons (Fsp3) is 0.500. The molecule has 2 nitrogen and oxygen atoms in total. The van der Waals surface area contributed by atoms with Gasteiger partial charge in [0.25, 0.3) is 0 Å². The molecule has 1 aliphatic carbocycles. The quantitative estimate of drug-likeness (QED) is 0.809. The molecule has 1 aliphatic rings. The van der Waals surface area contributed by atoms with Crippen LogP contribution < -0.4 is 4.74 Å². The molecule has 1 aromatic carbocycles. The third-order valence-corrected chi connectivity index (χ3v) is 4.64. The molecule has 0 heterocycles. The Kier molecular flexibility index (Phi) is 3.96. The molecule has 0 aliphatic heterocycles. The van der Waals surface area contributed by atoms with E-state index in [1.54, 1.807) is 18.9 Å². The smallest absolute Gasteiger partial charge is 0.118 e. The number of rotatable bonds is 3. The van der Waals surface area contributed by atoms with E-state index in [4.69, 9.17) is 4.74 Å². The molecule has 1 saturated carbocycles. The summed E-state index contributed by atoms with van der Waals surface area (Å²) >= 11 is 1.71. The topological polar surface area (TPSA) is 33.0 Å². The highest BCUT2D eigenvalue weighted by atomic mass is 32.2. The van der Waals surface area contributed by atoms with Gasteiger partial charge in [-0.25, -0.2) is 0 Å². The molecule has 2 rings (SSSR count). The van der Waals surface area contributed by atoms with Crippen LogP contribution in [0.2, 0.25) is 0 Å². The van der Waals surface area contributed by atoms with E-state index in [0.717, 1.165) is 23.5 Å². The van der Waals surface area contributed by atoms with Crippen LogP contribution in [0.3, 0.4) is 0 Å². The molecule has 3 heteroatoms. The van der Waals surface area contributed by atoms with Crippen LogP contribution in [0.4, 0.5) is 0 Å². The monoisotopic (exact) mass is 247 g/mol. The van der Waals surface area contributed by atoms with Crippen molar-refractivity contribution in [3.05, 3.63) is 24.3 Å². The first kappa shape index (κ1) is 12.3. The number of hydrogen-bond donors (Lipinski definition) is 0. The van der Waals surface area contributed by atoms with Gasteiger partial charge in [-0.05, 0) is 37.1 Å². The number of nitrogens with zero attached hydrogens (tertiary/aromatic N) is 1. The number of nitriles is 1. The highest BCUT2D eigenvalue weighted by Gasteiger charge is 2.33. The van der Waals surface area contributed by atoms with Crippen LogP contribution in [0.25, 0.3) is 0 Å². The van der Waals surface area contributed by atoms with Crippen molar-refractivity contribution in [2.24, 2.45) is 0 Å². The van der Waals surface area contributed by atoms with E-state index in [1.165, 1.54) is 19.3 Å². The summed E-state index contributed by atoms with van der Waals surface area (Å²) in [6, 6.07) is 10.5. The Balaban J connectivity index is 2.10. The van der Waals surface area contributed by atoms with E-state index in [1.807, 2.05) is 24.3 Å². The molecule has 0 N–H and O–H groups in total. The number of benzene rings is 1. The van der Waals surface area contributed by atoms with Gasteiger partial charge < -0.3 is 4.74 Å². The molecule has 90 valence electrons. The third kappa shape index (κ3) is 2.95. The fourth-order valence-electron chi connectivity index (χ4n) is 2.23. The molecule has 1 aromatic rings. The summed E-state index contributed by atoms with van der Waals surface area (Å²) < 4.78 is 4.93. The summed E-state index contributed by atoms with van der Waals surface area (Å²) in [5.74, 6) is 0.865. The van der Waals surface area contributed by atoms with Crippen LogP contribution in [-0.2, 0) is 0 Å². The molecule has 17 heavy (non-hydrogen) atoms. The van der Waals surface area contributed by atoms with Gasteiger partial charge >= 0.3 is 0 Å². The van der Waals surface area contributed by atoms with Crippen molar-refractivity contribution >= 4 is 11.8 Å². The normalized spacial score (nSPS) is 18.4. The number of methoxy groups -OCH3 is 1. The molecule has 0 aromatic heterocycles. The Morgan fingerprint density at radius 3 is 2.35 bits per heavy atom. The highest BCUT2D eigenvalue weighted by Crippen LogP contribution is 2.43. The van der Waals surface area contributed by atoms with Crippen LogP contribution >= 0.6 is 11.8 Å². The summed E-state index contributed by atoms with van der Waals surface area (Å²) in [7, 11) is 1.67. The maximum atomic E-state index is 9.41. The van der Waals surface area contributed by atoms with E-state index in [-0.39, 0.29) is 4.75 Å². The predicted molar refractivity (Wildman–Crippen MR) is 70.3 cm³/mol.